The third-order valence-electron chi connectivity index (χ3n) is 6.22. The second-order valence-electron chi connectivity index (χ2n) is 8.55. The zero-order chi connectivity index (χ0) is 23.4. The van der Waals surface area contributed by atoms with Crippen molar-refractivity contribution in [3.05, 3.63) is 68.8 Å². The Kier molecular flexibility index (Phi) is 4.84. The average molecular weight is 451 g/mol. The molecule has 0 radical (unpaired) electrons. The molecule has 9 heteroatoms. The Balaban J connectivity index is 1.60. The molecule has 33 heavy (non-hydrogen) atoms. The molecule has 0 fully saturated rings. The van der Waals surface area contributed by atoms with E-state index in [0.717, 1.165) is 22.8 Å². The summed E-state index contributed by atoms with van der Waals surface area (Å²) in [6, 6.07) is 6.79. The summed E-state index contributed by atoms with van der Waals surface area (Å²) >= 11 is 0. The minimum absolute atomic E-state index is 0.00740. The topological polar surface area (TPSA) is 101 Å². The van der Waals surface area contributed by atoms with Gasteiger partial charge in [-0.25, -0.2) is 9.18 Å². The molecule has 2 aliphatic heterocycles. The average Bonchev–Trinajstić information content (AvgIpc) is 3.18. The highest BCUT2D eigenvalue weighted by Crippen LogP contribution is 2.44. The number of carbonyl (C=O) groups excluding carboxylic acids is 1. The van der Waals surface area contributed by atoms with E-state index >= 15 is 4.39 Å². The third-order valence-corrected chi connectivity index (χ3v) is 6.22. The van der Waals surface area contributed by atoms with Gasteiger partial charge in [0.2, 0.25) is 11.3 Å². The Labute approximate surface area is 188 Å². The smallest absolute Gasteiger partial charge is 0.341 e. The van der Waals surface area contributed by atoms with E-state index < -0.39 is 22.8 Å². The van der Waals surface area contributed by atoms with Gasteiger partial charge < -0.3 is 24.6 Å². The van der Waals surface area contributed by atoms with Crippen molar-refractivity contribution >= 4 is 28.5 Å². The summed E-state index contributed by atoms with van der Waals surface area (Å²) in [6.45, 7) is 4.85. The van der Waals surface area contributed by atoms with Gasteiger partial charge >= 0.3 is 5.97 Å². The van der Waals surface area contributed by atoms with Crippen molar-refractivity contribution in [1.29, 1.82) is 0 Å². The van der Waals surface area contributed by atoms with E-state index in [1.165, 1.54) is 13.1 Å². The van der Waals surface area contributed by atoms with Gasteiger partial charge in [-0.2, -0.15) is 0 Å². The maximum Gasteiger partial charge on any atom is 0.341 e. The number of hydrogen-bond donors (Lipinski definition) is 2. The number of ether oxygens (including phenoxy) is 1. The number of carboxylic acids is 1. The van der Waals surface area contributed by atoms with Gasteiger partial charge in [0.25, 0.3) is 0 Å². The van der Waals surface area contributed by atoms with Crippen LogP contribution in [0.5, 0.6) is 5.75 Å². The number of aromatic carboxylic acids is 1. The summed E-state index contributed by atoms with van der Waals surface area (Å²) in [6.07, 6.45) is 1.32. The fourth-order valence-electron chi connectivity index (χ4n) is 4.60. The highest BCUT2D eigenvalue weighted by molar-refractivity contribution is 5.97. The number of rotatable bonds is 4. The van der Waals surface area contributed by atoms with Crippen molar-refractivity contribution in [3.63, 3.8) is 0 Å². The van der Waals surface area contributed by atoms with Crippen LogP contribution >= 0.6 is 0 Å². The standard InChI is InChI=1S/C24H22FN3O5/c1-12-11-33-23-20-17(22(30)18(24(31)32)10-28(12)20)6-19(25)21(23)27-8-15-4-3-14(5-16(15)9-27)7-26-13(2)29/h3-6,10,12H,7-9,11H2,1-2H3,(H,26,29)(H,31,32). The molecule has 2 N–H and O–H groups in total. The van der Waals surface area contributed by atoms with E-state index in [0.29, 0.717) is 25.2 Å². The molecule has 2 aliphatic rings. The number of hydrogen-bond acceptors (Lipinski definition) is 5. The van der Waals surface area contributed by atoms with Gasteiger partial charge in [-0.05, 0) is 29.7 Å². The first-order valence-corrected chi connectivity index (χ1v) is 10.6. The minimum atomic E-state index is -1.35. The number of benzene rings is 2. The monoisotopic (exact) mass is 451 g/mol. The molecule has 5 rings (SSSR count). The van der Waals surface area contributed by atoms with Gasteiger partial charge in [-0.1, -0.05) is 18.2 Å². The zero-order valence-corrected chi connectivity index (χ0v) is 18.1. The highest BCUT2D eigenvalue weighted by atomic mass is 19.1. The van der Waals surface area contributed by atoms with Crippen LogP contribution in [0.15, 0.2) is 35.3 Å². The van der Waals surface area contributed by atoms with E-state index in [4.69, 9.17) is 4.74 Å². The summed E-state index contributed by atoms with van der Waals surface area (Å²) in [5.41, 5.74) is 2.54. The number of nitrogens with one attached hydrogen (secondary N) is 1. The van der Waals surface area contributed by atoms with E-state index in [9.17, 15) is 19.5 Å². The molecule has 1 amide bonds. The first kappa shape index (κ1) is 21.0. The summed E-state index contributed by atoms with van der Waals surface area (Å²) in [4.78, 5) is 37.4. The van der Waals surface area contributed by atoms with Gasteiger partial charge in [0.1, 0.15) is 17.9 Å². The van der Waals surface area contributed by atoms with Gasteiger partial charge in [0.15, 0.2) is 11.6 Å². The lowest BCUT2D eigenvalue weighted by atomic mass is 10.1. The Hall–Kier alpha value is -3.88. The fraction of sp³-hybridized carbons (Fsp3) is 0.292. The van der Waals surface area contributed by atoms with Gasteiger partial charge in [0, 0.05) is 32.8 Å². The van der Waals surface area contributed by atoms with Crippen molar-refractivity contribution in [1.82, 2.24) is 9.88 Å². The van der Waals surface area contributed by atoms with Crippen LogP contribution in [0, 0.1) is 5.82 Å². The van der Waals surface area contributed by atoms with E-state index in [1.54, 1.807) is 4.57 Å². The normalized spacial score (nSPS) is 16.5. The molecule has 0 saturated carbocycles. The maximum atomic E-state index is 15.4. The summed E-state index contributed by atoms with van der Waals surface area (Å²) in [7, 11) is 0. The zero-order valence-electron chi connectivity index (χ0n) is 18.1. The molecule has 170 valence electrons. The van der Waals surface area contributed by atoms with Crippen molar-refractivity contribution in [2.45, 2.75) is 39.5 Å². The Morgan fingerprint density at radius 1 is 1.24 bits per heavy atom. The largest absolute Gasteiger partial charge is 0.487 e. The molecule has 1 aromatic heterocycles. The first-order valence-electron chi connectivity index (χ1n) is 10.6. The van der Waals surface area contributed by atoms with Crippen molar-refractivity contribution < 1.29 is 23.8 Å². The van der Waals surface area contributed by atoms with Crippen LogP contribution in [0.3, 0.4) is 0 Å². The third kappa shape index (κ3) is 3.40. The van der Waals surface area contributed by atoms with E-state index in [2.05, 4.69) is 5.32 Å². The molecule has 3 heterocycles. The van der Waals surface area contributed by atoms with Crippen molar-refractivity contribution in [3.8, 4) is 5.75 Å². The van der Waals surface area contributed by atoms with Crippen LogP contribution in [-0.4, -0.2) is 28.2 Å². The van der Waals surface area contributed by atoms with Gasteiger partial charge in [-0.15, -0.1) is 0 Å². The molecule has 0 saturated heterocycles. The predicted octanol–water partition coefficient (Wildman–Crippen LogP) is 2.95. The lowest BCUT2D eigenvalue weighted by Gasteiger charge is -2.31. The fourth-order valence-corrected chi connectivity index (χ4v) is 4.60. The Bertz CT molecular complexity index is 1400. The number of pyridine rings is 1. The van der Waals surface area contributed by atoms with E-state index in [-0.39, 0.29) is 35.4 Å². The molecular formula is C24H22FN3O5. The number of aromatic nitrogens is 1. The lowest BCUT2D eigenvalue weighted by Crippen LogP contribution is -2.28. The number of amides is 1. The second kappa shape index (κ2) is 7.61. The summed E-state index contributed by atoms with van der Waals surface area (Å²) < 4.78 is 23.1. The Morgan fingerprint density at radius 3 is 2.73 bits per heavy atom. The van der Waals surface area contributed by atoms with Crippen LogP contribution < -0.4 is 20.4 Å². The van der Waals surface area contributed by atoms with Crippen LogP contribution in [0.4, 0.5) is 10.1 Å². The maximum absolute atomic E-state index is 15.4. The molecule has 3 aromatic rings. The SMILES string of the molecule is CC(=O)NCc1ccc2c(c1)CN(c1c(F)cc3c(=O)c(C(=O)O)cn4c3c1OCC4C)C2. The van der Waals surface area contributed by atoms with Crippen LogP contribution in [0.2, 0.25) is 0 Å². The summed E-state index contributed by atoms with van der Waals surface area (Å²) in [5, 5.41) is 12.2. The second-order valence-corrected chi connectivity index (χ2v) is 8.55. The van der Waals surface area contributed by atoms with E-state index in [1.807, 2.05) is 30.0 Å². The molecule has 0 bridgehead atoms. The number of fused-ring (bicyclic) bond motifs is 1. The molecule has 8 nitrogen and oxygen atoms in total. The first-order chi connectivity index (χ1) is 15.7. The molecule has 1 unspecified atom stereocenters. The van der Waals surface area contributed by atoms with Crippen molar-refractivity contribution in [2.75, 3.05) is 11.5 Å². The molecule has 1 atom stereocenters. The van der Waals surface area contributed by atoms with Gasteiger partial charge in [0.05, 0.1) is 16.9 Å². The molecule has 2 aromatic carbocycles. The highest BCUT2D eigenvalue weighted by Gasteiger charge is 2.32. The van der Waals surface area contributed by atoms with Crippen molar-refractivity contribution in [2.24, 2.45) is 0 Å². The van der Waals surface area contributed by atoms with Gasteiger partial charge in [-0.3, -0.25) is 9.59 Å². The number of nitrogens with zero attached hydrogens (tertiary/aromatic N) is 2. The minimum Gasteiger partial charge on any atom is -0.487 e. The number of halogens is 1. The number of carboxylic acid groups (broad SMARTS) is 1. The number of carbonyl (C=O) groups is 2. The molecule has 0 spiro atoms. The Morgan fingerprint density at radius 2 is 2.00 bits per heavy atom. The van der Waals surface area contributed by atoms with Crippen LogP contribution in [0.1, 0.15) is 46.9 Å². The predicted molar refractivity (Wildman–Crippen MR) is 119 cm³/mol. The quantitative estimate of drug-likeness (QED) is 0.633. The van der Waals surface area contributed by atoms with Crippen LogP contribution in [0.25, 0.3) is 10.9 Å². The lowest BCUT2D eigenvalue weighted by molar-refractivity contribution is -0.119. The molecule has 0 aliphatic carbocycles. The molecular weight excluding hydrogens is 429 g/mol. The van der Waals surface area contributed by atoms with Crippen LogP contribution in [-0.2, 0) is 24.4 Å². The summed E-state index contributed by atoms with van der Waals surface area (Å²) in [5.74, 6) is -1.84. The number of anilines is 1.